The number of alkyl carbamates (subject to hydrolysis) is 1. The Balaban J connectivity index is 1.69. The van der Waals surface area contributed by atoms with Gasteiger partial charge in [-0.15, -0.1) is 0 Å². The molecule has 0 aliphatic carbocycles. The molecule has 1 fully saturated rings. The molecule has 4 atom stereocenters. The van der Waals surface area contributed by atoms with Crippen LogP contribution in [0.4, 0.5) is 4.79 Å². The standard InChI is InChI=1S/C30H37NO8/c1-21-27(36-16-15-26(32)37-18-23-13-9-6-10-14-23)24(17-22-11-7-5-8-12-22)19-35-20-25(28(33)38-21)31-29(34)39-30(2,3)4/h5-16,21,24-25,27H,17-20H2,1-4H3,(H,31,34). The molecule has 1 heterocycles. The maximum atomic E-state index is 12.9. The summed E-state index contributed by atoms with van der Waals surface area (Å²) in [6, 6.07) is 18.1. The van der Waals surface area contributed by atoms with Crippen LogP contribution < -0.4 is 5.32 Å². The summed E-state index contributed by atoms with van der Waals surface area (Å²) < 4.78 is 28.1. The van der Waals surface area contributed by atoms with E-state index in [1.165, 1.54) is 12.3 Å². The molecule has 4 unspecified atom stereocenters. The Kier molecular flexibility index (Phi) is 10.9. The van der Waals surface area contributed by atoms with Crippen LogP contribution in [0.2, 0.25) is 0 Å². The smallest absolute Gasteiger partial charge is 0.408 e. The van der Waals surface area contributed by atoms with Crippen molar-refractivity contribution in [1.29, 1.82) is 0 Å². The van der Waals surface area contributed by atoms with Crippen molar-refractivity contribution in [1.82, 2.24) is 5.32 Å². The fourth-order valence-corrected chi connectivity index (χ4v) is 4.04. The second-order valence-electron chi connectivity index (χ2n) is 10.3. The van der Waals surface area contributed by atoms with Gasteiger partial charge in [0.2, 0.25) is 0 Å². The summed E-state index contributed by atoms with van der Waals surface area (Å²) in [5.74, 6) is -1.47. The highest BCUT2D eigenvalue weighted by Crippen LogP contribution is 2.23. The Hall–Kier alpha value is -3.85. The van der Waals surface area contributed by atoms with E-state index in [4.69, 9.17) is 23.7 Å². The molecular formula is C30H37NO8. The van der Waals surface area contributed by atoms with Gasteiger partial charge in [0.1, 0.15) is 24.4 Å². The molecule has 1 saturated heterocycles. The monoisotopic (exact) mass is 539 g/mol. The minimum atomic E-state index is -1.05. The van der Waals surface area contributed by atoms with Crippen molar-refractivity contribution in [3.05, 3.63) is 84.1 Å². The molecule has 9 heteroatoms. The molecule has 39 heavy (non-hydrogen) atoms. The lowest BCUT2D eigenvalue weighted by Gasteiger charge is -2.30. The molecule has 0 saturated carbocycles. The Morgan fingerprint density at radius 2 is 1.64 bits per heavy atom. The molecule has 2 aromatic carbocycles. The van der Waals surface area contributed by atoms with Gasteiger partial charge in [0.15, 0.2) is 6.04 Å². The van der Waals surface area contributed by atoms with E-state index in [0.29, 0.717) is 6.42 Å². The molecule has 2 aromatic rings. The van der Waals surface area contributed by atoms with Crippen LogP contribution in [0.5, 0.6) is 0 Å². The van der Waals surface area contributed by atoms with E-state index < -0.39 is 41.9 Å². The van der Waals surface area contributed by atoms with Crippen molar-refractivity contribution in [3.8, 4) is 0 Å². The van der Waals surface area contributed by atoms with E-state index in [-0.39, 0.29) is 25.7 Å². The fraction of sp³-hybridized carbons (Fsp3) is 0.433. The van der Waals surface area contributed by atoms with Crippen molar-refractivity contribution in [2.45, 2.75) is 64.6 Å². The summed E-state index contributed by atoms with van der Waals surface area (Å²) in [5.41, 5.74) is 1.19. The molecule has 9 nitrogen and oxygen atoms in total. The summed E-state index contributed by atoms with van der Waals surface area (Å²) >= 11 is 0. The third-order valence-corrected chi connectivity index (χ3v) is 5.83. The molecule has 1 aliphatic rings. The van der Waals surface area contributed by atoms with Crippen molar-refractivity contribution >= 4 is 18.0 Å². The fourth-order valence-electron chi connectivity index (χ4n) is 4.04. The number of hydrogen-bond donors (Lipinski definition) is 1. The van der Waals surface area contributed by atoms with E-state index in [9.17, 15) is 14.4 Å². The molecule has 0 spiro atoms. The van der Waals surface area contributed by atoms with Gasteiger partial charge in [-0.2, -0.15) is 0 Å². The van der Waals surface area contributed by atoms with E-state index in [2.05, 4.69) is 5.32 Å². The van der Waals surface area contributed by atoms with Gasteiger partial charge in [-0.25, -0.2) is 14.4 Å². The maximum Gasteiger partial charge on any atom is 0.408 e. The summed E-state index contributed by atoms with van der Waals surface area (Å²) in [4.78, 5) is 37.4. The second-order valence-corrected chi connectivity index (χ2v) is 10.3. The van der Waals surface area contributed by atoms with Crippen LogP contribution >= 0.6 is 0 Å². The Labute approximate surface area is 229 Å². The number of nitrogens with one attached hydrogen (secondary N) is 1. The van der Waals surface area contributed by atoms with Crippen molar-refractivity contribution in [2.24, 2.45) is 5.92 Å². The molecular weight excluding hydrogens is 502 g/mol. The number of cyclic esters (lactones) is 1. The largest absolute Gasteiger partial charge is 0.494 e. The molecule has 1 amide bonds. The Morgan fingerprint density at radius 3 is 2.28 bits per heavy atom. The molecule has 0 bridgehead atoms. The lowest BCUT2D eigenvalue weighted by molar-refractivity contribution is -0.157. The van der Waals surface area contributed by atoms with Crippen LogP contribution in [0.25, 0.3) is 0 Å². The number of amides is 1. The number of rotatable bonds is 8. The van der Waals surface area contributed by atoms with Gasteiger partial charge >= 0.3 is 18.0 Å². The van der Waals surface area contributed by atoms with E-state index in [1.54, 1.807) is 27.7 Å². The number of ether oxygens (including phenoxy) is 5. The Bertz CT molecular complexity index is 1100. The van der Waals surface area contributed by atoms with Gasteiger partial charge in [0, 0.05) is 5.92 Å². The lowest BCUT2D eigenvalue weighted by atomic mass is 9.91. The molecule has 1 aliphatic heterocycles. The maximum absolute atomic E-state index is 12.9. The summed E-state index contributed by atoms with van der Waals surface area (Å²) in [6.07, 6.45) is 0.912. The number of hydrogen-bond acceptors (Lipinski definition) is 8. The van der Waals surface area contributed by atoms with Crippen LogP contribution in [0.1, 0.15) is 38.8 Å². The number of carbonyl (C=O) groups is 3. The average molecular weight is 540 g/mol. The van der Waals surface area contributed by atoms with Gasteiger partial charge in [0.25, 0.3) is 0 Å². The van der Waals surface area contributed by atoms with Crippen molar-refractivity contribution in [2.75, 3.05) is 13.2 Å². The Morgan fingerprint density at radius 1 is 1.00 bits per heavy atom. The third kappa shape index (κ3) is 10.4. The molecule has 210 valence electrons. The topological polar surface area (TPSA) is 109 Å². The van der Waals surface area contributed by atoms with E-state index in [1.807, 2.05) is 60.7 Å². The van der Waals surface area contributed by atoms with Gasteiger partial charge in [-0.1, -0.05) is 60.7 Å². The predicted molar refractivity (Wildman–Crippen MR) is 143 cm³/mol. The van der Waals surface area contributed by atoms with Crippen molar-refractivity contribution < 1.29 is 38.1 Å². The predicted octanol–water partition coefficient (Wildman–Crippen LogP) is 4.34. The van der Waals surface area contributed by atoms with E-state index in [0.717, 1.165) is 11.1 Å². The zero-order valence-corrected chi connectivity index (χ0v) is 22.8. The lowest BCUT2D eigenvalue weighted by Crippen LogP contribution is -2.47. The molecule has 0 radical (unpaired) electrons. The SMILES string of the molecule is CC1OC(=O)C(NC(=O)OC(C)(C)C)COCC(Cc2ccccc2)C1OC=CC(=O)OCc1ccccc1. The third-order valence-electron chi connectivity index (χ3n) is 5.83. The molecule has 1 N–H and O–H groups in total. The normalized spacial score (nSPS) is 22.1. The van der Waals surface area contributed by atoms with Crippen LogP contribution in [-0.4, -0.2) is 55.1 Å². The van der Waals surface area contributed by atoms with Gasteiger partial charge in [-0.3, -0.25) is 0 Å². The van der Waals surface area contributed by atoms with Gasteiger partial charge in [-0.05, 0) is 45.2 Å². The van der Waals surface area contributed by atoms with Crippen LogP contribution in [0.15, 0.2) is 73.0 Å². The van der Waals surface area contributed by atoms with Gasteiger partial charge in [0.05, 0.1) is 25.6 Å². The first-order chi connectivity index (χ1) is 18.6. The van der Waals surface area contributed by atoms with E-state index >= 15 is 0 Å². The molecule has 0 aromatic heterocycles. The highest BCUT2D eigenvalue weighted by Gasteiger charge is 2.36. The zero-order chi connectivity index (χ0) is 28.3. The second kappa shape index (κ2) is 14.3. The van der Waals surface area contributed by atoms with Crippen molar-refractivity contribution in [3.63, 3.8) is 0 Å². The minimum Gasteiger partial charge on any atom is -0.494 e. The average Bonchev–Trinajstić information content (AvgIpc) is 2.93. The van der Waals surface area contributed by atoms with Gasteiger partial charge < -0.3 is 29.0 Å². The highest BCUT2D eigenvalue weighted by molar-refractivity contribution is 5.82. The van der Waals surface area contributed by atoms with Crippen LogP contribution in [-0.2, 0) is 46.3 Å². The summed E-state index contributed by atoms with van der Waals surface area (Å²) in [6.45, 7) is 7.16. The summed E-state index contributed by atoms with van der Waals surface area (Å²) in [5, 5.41) is 2.53. The van der Waals surface area contributed by atoms with Crippen LogP contribution in [0, 0.1) is 5.92 Å². The number of esters is 2. The first-order valence-corrected chi connectivity index (χ1v) is 12.9. The quantitative estimate of drug-likeness (QED) is 0.228. The number of benzene rings is 2. The zero-order valence-electron chi connectivity index (χ0n) is 22.8. The number of carbonyl (C=O) groups excluding carboxylic acids is 3. The minimum absolute atomic E-state index is 0.0928. The van der Waals surface area contributed by atoms with Crippen LogP contribution in [0.3, 0.4) is 0 Å². The first-order valence-electron chi connectivity index (χ1n) is 12.9. The molecule has 3 rings (SSSR count). The first kappa shape index (κ1) is 29.7. The summed E-state index contributed by atoms with van der Waals surface area (Å²) in [7, 11) is 0. The highest BCUT2D eigenvalue weighted by atomic mass is 16.6.